The molecule has 0 spiro atoms. The Balaban J connectivity index is 1.05. The van der Waals surface area contributed by atoms with Crippen LogP contribution in [0.5, 0.6) is 0 Å². The van der Waals surface area contributed by atoms with Crippen LogP contribution in [-0.2, 0) is 5.41 Å². The monoisotopic (exact) mass is 644 g/mol. The van der Waals surface area contributed by atoms with Gasteiger partial charge in [0, 0.05) is 27.5 Å². The molecule has 7 aromatic rings. The summed E-state index contributed by atoms with van der Waals surface area (Å²) in [5.41, 5.74) is 7.72. The van der Waals surface area contributed by atoms with Crippen LogP contribution in [0.2, 0.25) is 0 Å². The van der Waals surface area contributed by atoms with Crippen molar-refractivity contribution in [2.45, 2.75) is 43.9 Å². The van der Waals surface area contributed by atoms with E-state index in [1.807, 2.05) is 54.6 Å². The van der Waals surface area contributed by atoms with Crippen molar-refractivity contribution in [3.63, 3.8) is 0 Å². The summed E-state index contributed by atoms with van der Waals surface area (Å²) in [4.78, 5) is 15.1. The molecule has 0 saturated heterocycles. The predicted molar refractivity (Wildman–Crippen MR) is 201 cm³/mol. The molecule has 0 unspecified atom stereocenters. The van der Waals surface area contributed by atoms with Crippen molar-refractivity contribution in [3.8, 4) is 51.4 Å². The molecule has 4 aliphatic rings. The van der Waals surface area contributed by atoms with E-state index in [-0.39, 0.29) is 0 Å². The molecule has 0 amide bonds. The first-order valence-corrected chi connectivity index (χ1v) is 18.0. The van der Waals surface area contributed by atoms with Crippen molar-refractivity contribution in [1.82, 2.24) is 15.0 Å². The van der Waals surface area contributed by atoms with E-state index in [4.69, 9.17) is 15.0 Å². The molecule has 0 aliphatic heterocycles. The zero-order valence-corrected chi connectivity index (χ0v) is 27.9. The normalized spacial score (nSPS) is 22.2. The molecule has 4 aliphatic carbocycles. The lowest BCUT2D eigenvalue weighted by molar-refractivity contribution is -0.00518. The Hall–Kier alpha value is -5.66. The molecule has 4 bridgehead atoms. The second kappa shape index (κ2) is 11.5. The van der Waals surface area contributed by atoms with E-state index in [1.165, 1.54) is 44.1 Å². The minimum Gasteiger partial charge on any atom is -0.208 e. The Morgan fingerprint density at radius 2 is 0.860 bits per heavy atom. The molecule has 4 nitrogen and oxygen atoms in total. The molecule has 0 N–H and O–H groups in total. The highest BCUT2D eigenvalue weighted by molar-refractivity contribution is 6.16. The highest BCUT2D eigenvalue weighted by atomic mass is 15.0. The van der Waals surface area contributed by atoms with Crippen LogP contribution in [0, 0.1) is 29.1 Å². The lowest BCUT2D eigenvalue weighted by Crippen LogP contribution is -2.48. The third kappa shape index (κ3) is 4.76. The van der Waals surface area contributed by atoms with E-state index in [1.54, 1.807) is 0 Å². The number of nitriles is 1. The van der Waals surface area contributed by atoms with Crippen LogP contribution in [0.3, 0.4) is 0 Å². The van der Waals surface area contributed by atoms with Gasteiger partial charge in [0.05, 0.1) is 5.56 Å². The van der Waals surface area contributed by atoms with Crippen LogP contribution in [0.1, 0.15) is 49.7 Å². The molecule has 4 saturated carbocycles. The Bertz CT molecular complexity index is 2360. The van der Waals surface area contributed by atoms with Crippen LogP contribution in [0.15, 0.2) is 127 Å². The highest BCUT2D eigenvalue weighted by Crippen LogP contribution is 2.60. The summed E-state index contributed by atoms with van der Waals surface area (Å²) in [6, 6.07) is 46.8. The minimum atomic E-state index is 0.361. The van der Waals surface area contributed by atoms with Gasteiger partial charge < -0.3 is 0 Å². The summed E-state index contributed by atoms with van der Waals surface area (Å²) in [7, 11) is 0. The molecular formula is C46H36N4. The van der Waals surface area contributed by atoms with Gasteiger partial charge in [0.2, 0.25) is 0 Å². The van der Waals surface area contributed by atoms with Gasteiger partial charge in [0.25, 0.3) is 0 Å². The van der Waals surface area contributed by atoms with Gasteiger partial charge in [-0.1, -0.05) is 127 Å². The van der Waals surface area contributed by atoms with Crippen molar-refractivity contribution in [3.05, 3.63) is 139 Å². The van der Waals surface area contributed by atoms with Crippen molar-refractivity contribution in [2.24, 2.45) is 17.8 Å². The van der Waals surface area contributed by atoms with Gasteiger partial charge in [-0.25, -0.2) is 15.0 Å². The second-order valence-electron chi connectivity index (χ2n) is 15.0. The average Bonchev–Trinajstić information content (AvgIpc) is 3.17. The number of nitrogens with zero attached hydrogens (tertiary/aromatic N) is 4. The lowest BCUT2D eigenvalue weighted by Gasteiger charge is -2.57. The number of rotatable bonds is 5. The molecule has 50 heavy (non-hydrogen) atoms. The Kier molecular flexibility index (Phi) is 6.71. The Labute approximate surface area is 292 Å². The maximum absolute atomic E-state index is 10.1. The maximum Gasteiger partial charge on any atom is 0.164 e. The van der Waals surface area contributed by atoms with Gasteiger partial charge in [0.1, 0.15) is 6.07 Å². The number of aromatic nitrogens is 3. The van der Waals surface area contributed by atoms with E-state index in [2.05, 4.69) is 78.9 Å². The summed E-state index contributed by atoms with van der Waals surface area (Å²) in [6.45, 7) is 0. The van der Waals surface area contributed by atoms with Gasteiger partial charge in [-0.2, -0.15) is 5.26 Å². The van der Waals surface area contributed by atoms with E-state index in [0.29, 0.717) is 28.5 Å². The summed E-state index contributed by atoms with van der Waals surface area (Å²) in [5, 5.41) is 14.2. The van der Waals surface area contributed by atoms with Crippen LogP contribution in [0.4, 0.5) is 0 Å². The summed E-state index contributed by atoms with van der Waals surface area (Å²) in [6.07, 6.45) is 8.43. The number of hydrogen-bond acceptors (Lipinski definition) is 4. The number of fused-ring (bicyclic) bond motifs is 2. The van der Waals surface area contributed by atoms with Gasteiger partial charge >= 0.3 is 0 Å². The first-order chi connectivity index (χ1) is 24.6. The highest BCUT2D eigenvalue weighted by Gasteiger charge is 2.51. The zero-order valence-electron chi connectivity index (χ0n) is 27.9. The topological polar surface area (TPSA) is 62.5 Å². The van der Waals surface area contributed by atoms with Crippen molar-refractivity contribution in [1.29, 1.82) is 5.26 Å². The fraction of sp³-hybridized carbons (Fsp3) is 0.217. The van der Waals surface area contributed by atoms with Gasteiger partial charge in [0.15, 0.2) is 17.5 Å². The van der Waals surface area contributed by atoms with E-state index in [9.17, 15) is 5.26 Å². The molecular weight excluding hydrogens is 609 g/mol. The molecule has 1 heterocycles. The first kappa shape index (κ1) is 29.3. The second-order valence-corrected chi connectivity index (χ2v) is 15.0. The first-order valence-electron chi connectivity index (χ1n) is 18.0. The summed E-state index contributed by atoms with van der Waals surface area (Å²) >= 11 is 0. The summed E-state index contributed by atoms with van der Waals surface area (Å²) in [5.74, 6) is 4.77. The van der Waals surface area contributed by atoms with E-state index < -0.39 is 0 Å². The fourth-order valence-corrected chi connectivity index (χ4v) is 10.1. The SMILES string of the molecule is N#Cc1c2ccccc2c(-c2ccc(-c3nc(-c4ccccc4)nc(-c4ccc(C56CC7CC(CC(C7)C5)C6)cc4)n3)cc2)c2ccccc12. The third-order valence-electron chi connectivity index (χ3n) is 11.9. The zero-order chi connectivity index (χ0) is 33.2. The molecule has 0 radical (unpaired) electrons. The third-order valence-corrected chi connectivity index (χ3v) is 11.9. The molecule has 4 heteroatoms. The van der Waals surface area contributed by atoms with Crippen LogP contribution >= 0.6 is 0 Å². The fourth-order valence-electron chi connectivity index (χ4n) is 10.1. The molecule has 11 rings (SSSR count). The minimum absolute atomic E-state index is 0.361. The molecule has 240 valence electrons. The maximum atomic E-state index is 10.1. The molecule has 0 atom stereocenters. The van der Waals surface area contributed by atoms with Crippen LogP contribution in [-0.4, -0.2) is 15.0 Å². The average molecular weight is 645 g/mol. The molecule has 1 aromatic heterocycles. The van der Waals surface area contributed by atoms with Crippen molar-refractivity contribution >= 4 is 21.5 Å². The largest absolute Gasteiger partial charge is 0.208 e. The van der Waals surface area contributed by atoms with Crippen molar-refractivity contribution < 1.29 is 0 Å². The standard InChI is InChI=1S/C46H36N4/c47-28-41-37-10-4-6-12-39(37)42(40-13-7-5-11-38(40)41)32-14-16-34(17-15-32)44-48-43(33-8-2-1-3-9-33)49-45(50-44)35-18-20-36(21-19-35)46-25-29-22-30(26-46)24-31(23-29)27-46/h1-21,29-31H,22-27H2. The van der Waals surface area contributed by atoms with Crippen LogP contribution < -0.4 is 0 Å². The van der Waals surface area contributed by atoms with E-state index in [0.717, 1.165) is 67.1 Å². The predicted octanol–water partition coefficient (Wildman–Crippen LogP) is 11.2. The summed E-state index contributed by atoms with van der Waals surface area (Å²) < 4.78 is 0. The number of hydrogen-bond donors (Lipinski definition) is 0. The quantitative estimate of drug-likeness (QED) is 0.175. The van der Waals surface area contributed by atoms with Gasteiger partial charge in [-0.15, -0.1) is 0 Å². The lowest BCUT2D eigenvalue weighted by atomic mass is 9.48. The van der Waals surface area contributed by atoms with Gasteiger partial charge in [-0.3, -0.25) is 0 Å². The van der Waals surface area contributed by atoms with E-state index >= 15 is 0 Å². The smallest absolute Gasteiger partial charge is 0.164 e. The number of benzene rings is 6. The Morgan fingerprint density at radius 3 is 1.34 bits per heavy atom. The molecule has 6 aromatic carbocycles. The Morgan fingerprint density at radius 1 is 0.460 bits per heavy atom. The van der Waals surface area contributed by atoms with Crippen molar-refractivity contribution in [2.75, 3.05) is 0 Å². The van der Waals surface area contributed by atoms with Crippen LogP contribution in [0.25, 0.3) is 66.8 Å². The van der Waals surface area contributed by atoms with Gasteiger partial charge in [-0.05, 0) is 89.2 Å². The molecule has 4 fully saturated rings.